The molecule has 1 aliphatic rings. The van der Waals surface area contributed by atoms with Gasteiger partial charge in [-0.2, -0.15) is 0 Å². The Kier molecular flexibility index (Phi) is 5.32. The van der Waals surface area contributed by atoms with Crippen LogP contribution in [0.2, 0.25) is 0 Å². The van der Waals surface area contributed by atoms with E-state index in [2.05, 4.69) is 14.9 Å². The molecule has 1 saturated heterocycles. The zero-order valence-corrected chi connectivity index (χ0v) is 15.9. The van der Waals surface area contributed by atoms with Crippen LogP contribution < -0.4 is 4.90 Å². The highest BCUT2D eigenvalue weighted by Gasteiger charge is 2.22. The van der Waals surface area contributed by atoms with E-state index in [9.17, 15) is 4.79 Å². The van der Waals surface area contributed by atoms with Gasteiger partial charge < -0.3 is 14.2 Å². The fraction of sp³-hybridized carbons (Fsp3) is 0.333. The minimum atomic E-state index is -0.145. The first kappa shape index (κ1) is 18.2. The summed E-state index contributed by atoms with van der Waals surface area (Å²) in [5.74, 6) is 1.26. The lowest BCUT2D eigenvalue weighted by Crippen LogP contribution is -2.32. The molecule has 0 bridgehead atoms. The lowest BCUT2D eigenvalue weighted by molar-refractivity contribution is 0.0775. The average molecular weight is 377 g/mol. The Morgan fingerprint density at radius 3 is 2.68 bits per heavy atom. The molecular formula is C21H23N5O2. The maximum Gasteiger partial charge on any atom is 0.257 e. The van der Waals surface area contributed by atoms with Crippen molar-refractivity contribution in [3.05, 3.63) is 60.4 Å². The number of piperidine rings is 1. The molecule has 0 aliphatic carbocycles. The van der Waals surface area contributed by atoms with Crippen molar-refractivity contribution in [3.63, 3.8) is 0 Å². The number of hydrogen-bond donors (Lipinski definition) is 0. The molecule has 0 N–H and O–H groups in total. The third kappa shape index (κ3) is 3.88. The number of nitrogens with zero attached hydrogens (tertiary/aromatic N) is 5. The summed E-state index contributed by atoms with van der Waals surface area (Å²) < 4.78 is 5.36. The van der Waals surface area contributed by atoms with Crippen molar-refractivity contribution in [2.45, 2.75) is 25.8 Å². The van der Waals surface area contributed by atoms with Gasteiger partial charge in [-0.1, -0.05) is 0 Å². The highest BCUT2D eigenvalue weighted by atomic mass is 16.3. The van der Waals surface area contributed by atoms with Crippen molar-refractivity contribution in [2.24, 2.45) is 0 Å². The maximum absolute atomic E-state index is 13.1. The van der Waals surface area contributed by atoms with Gasteiger partial charge in [0.25, 0.3) is 5.91 Å². The fourth-order valence-corrected chi connectivity index (χ4v) is 3.42. The predicted molar refractivity (Wildman–Crippen MR) is 106 cm³/mol. The van der Waals surface area contributed by atoms with Crippen molar-refractivity contribution in [1.82, 2.24) is 19.9 Å². The number of anilines is 1. The van der Waals surface area contributed by atoms with Crippen molar-refractivity contribution < 1.29 is 9.21 Å². The third-order valence-corrected chi connectivity index (χ3v) is 4.92. The summed E-state index contributed by atoms with van der Waals surface area (Å²) in [6.07, 6.45) is 10.2. The van der Waals surface area contributed by atoms with Crippen LogP contribution in [0, 0.1) is 0 Å². The van der Waals surface area contributed by atoms with Gasteiger partial charge in [-0.3, -0.25) is 9.78 Å². The Balaban J connectivity index is 1.68. The molecule has 144 valence electrons. The molecule has 1 amide bonds. The smallest absolute Gasteiger partial charge is 0.257 e. The van der Waals surface area contributed by atoms with E-state index in [1.54, 1.807) is 36.8 Å². The standard InChI is InChI=1S/C21H23N5O2/c1-25(15-17-6-5-13-28-17)20(27)18-14-23-21(26-11-3-2-4-12-26)24-19(18)16-7-9-22-10-8-16/h5-10,13-14H,2-4,11-12,15H2,1H3. The van der Waals surface area contributed by atoms with Crippen molar-refractivity contribution >= 4 is 11.9 Å². The summed E-state index contributed by atoms with van der Waals surface area (Å²) in [4.78, 5) is 30.3. The summed E-state index contributed by atoms with van der Waals surface area (Å²) in [5, 5.41) is 0. The molecule has 1 fully saturated rings. The summed E-state index contributed by atoms with van der Waals surface area (Å²) in [5.41, 5.74) is 1.96. The zero-order valence-electron chi connectivity index (χ0n) is 15.9. The van der Waals surface area contributed by atoms with Crippen LogP contribution in [0.3, 0.4) is 0 Å². The highest BCUT2D eigenvalue weighted by Crippen LogP contribution is 2.25. The van der Waals surface area contributed by atoms with Crippen molar-refractivity contribution in [3.8, 4) is 11.3 Å². The normalized spacial score (nSPS) is 14.1. The van der Waals surface area contributed by atoms with E-state index in [0.717, 1.165) is 37.3 Å². The van der Waals surface area contributed by atoms with Gasteiger partial charge in [0.05, 0.1) is 24.1 Å². The minimum absolute atomic E-state index is 0.145. The summed E-state index contributed by atoms with van der Waals surface area (Å²) in [7, 11) is 1.75. The molecule has 3 aromatic rings. The molecule has 3 aromatic heterocycles. The molecule has 0 spiro atoms. The van der Waals surface area contributed by atoms with Gasteiger partial charge in [0, 0.05) is 44.3 Å². The molecule has 0 aromatic carbocycles. The minimum Gasteiger partial charge on any atom is -0.467 e. The van der Waals surface area contributed by atoms with Gasteiger partial charge in [-0.15, -0.1) is 0 Å². The summed E-state index contributed by atoms with van der Waals surface area (Å²) in [6.45, 7) is 2.28. The predicted octanol–water partition coefficient (Wildman–Crippen LogP) is 3.39. The Morgan fingerprint density at radius 2 is 1.96 bits per heavy atom. The van der Waals surface area contributed by atoms with Crippen LogP contribution in [0.15, 0.2) is 53.5 Å². The number of furan rings is 1. The lowest BCUT2D eigenvalue weighted by Gasteiger charge is -2.27. The number of carbonyl (C=O) groups is 1. The molecule has 1 aliphatic heterocycles. The number of hydrogen-bond acceptors (Lipinski definition) is 6. The van der Waals surface area contributed by atoms with Crippen LogP contribution in [0.1, 0.15) is 35.4 Å². The van der Waals surface area contributed by atoms with Crippen LogP contribution in [-0.4, -0.2) is 45.9 Å². The zero-order chi connectivity index (χ0) is 19.3. The topological polar surface area (TPSA) is 75.4 Å². The van der Waals surface area contributed by atoms with Gasteiger partial charge in [0.2, 0.25) is 5.95 Å². The second-order valence-corrected chi connectivity index (χ2v) is 6.96. The van der Waals surface area contributed by atoms with E-state index < -0.39 is 0 Å². The third-order valence-electron chi connectivity index (χ3n) is 4.92. The Morgan fingerprint density at radius 1 is 1.18 bits per heavy atom. The van der Waals surface area contributed by atoms with Crippen molar-refractivity contribution in [2.75, 3.05) is 25.0 Å². The largest absolute Gasteiger partial charge is 0.467 e. The summed E-state index contributed by atoms with van der Waals surface area (Å²) >= 11 is 0. The molecule has 0 saturated carbocycles. The molecule has 4 heterocycles. The number of aromatic nitrogens is 3. The van der Waals surface area contributed by atoms with Gasteiger partial charge in [-0.05, 0) is 43.5 Å². The molecule has 0 radical (unpaired) electrons. The molecule has 0 unspecified atom stereocenters. The fourth-order valence-electron chi connectivity index (χ4n) is 3.42. The summed E-state index contributed by atoms with van der Waals surface area (Å²) in [6, 6.07) is 7.40. The Labute approximate surface area is 164 Å². The van der Waals surface area contributed by atoms with Crippen molar-refractivity contribution in [1.29, 1.82) is 0 Å². The van der Waals surface area contributed by atoms with Crippen LogP contribution in [-0.2, 0) is 6.54 Å². The number of rotatable bonds is 5. The van der Waals surface area contributed by atoms with E-state index >= 15 is 0 Å². The van der Waals surface area contributed by atoms with E-state index in [1.807, 2.05) is 24.3 Å². The molecular weight excluding hydrogens is 354 g/mol. The number of pyridine rings is 1. The first-order valence-electron chi connectivity index (χ1n) is 9.52. The van der Waals surface area contributed by atoms with Gasteiger partial charge in [-0.25, -0.2) is 9.97 Å². The maximum atomic E-state index is 13.1. The molecule has 7 heteroatoms. The van der Waals surface area contributed by atoms with Crippen LogP contribution in [0.25, 0.3) is 11.3 Å². The second-order valence-electron chi connectivity index (χ2n) is 6.96. The molecule has 4 rings (SSSR count). The number of amides is 1. The van der Waals surface area contributed by atoms with E-state index in [4.69, 9.17) is 9.40 Å². The Hall–Kier alpha value is -3.22. The SMILES string of the molecule is CN(Cc1ccco1)C(=O)c1cnc(N2CCCCC2)nc1-c1ccncc1. The molecule has 0 atom stereocenters. The Bertz CT molecular complexity index is 921. The van der Waals surface area contributed by atoms with E-state index in [-0.39, 0.29) is 5.91 Å². The molecule has 28 heavy (non-hydrogen) atoms. The lowest BCUT2D eigenvalue weighted by atomic mass is 10.1. The van der Waals surface area contributed by atoms with Gasteiger partial charge in [0.1, 0.15) is 5.76 Å². The monoisotopic (exact) mass is 377 g/mol. The van der Waals surface area contributed by atoms with Crippen LogP contribution in [0.4, 0.5) is 5.95 Å². The second kappa shape index (κ2) is 8.21. The van der Waals surface area contributed by atoms with Crippen LogP contribution in [0.5, 0.6) is 0 Å². The first-order valence-corrected chi connectivity index (χ1v) is 9.52. The van der Waals surface area contributed by atoms with Crippen LogP contribution >= 0.6 is 0 Å². The highest BCUT2D eigenvalue weighted by molar-refractivity contribution is 5.99. The quantitative estimate of drug-likeness (QED) is 0.678. The molecule has 7 nitrogen and oxygen atoms in total. The van der Waals surface area contributed by atoms with Gasteiger partial charge >= 0.3 is 0 Å². The average Bonchev–Trinajstić information content (AvgIpc) is 3.27. The number of carbonyl (C=O) groups excluding carboxylic acids is 1. The van der Waals surface area contributed by atoms with E-state index in [0.29, 0.717) is 23.8 Å². The van der Waals surface area contributed by atoms with Gasteiger partial charge in [0.15, 0.2) is 0 Å². The van der Waals surface area contributed by atoms with E-state index in [1.165, 1.54) is 6.42 Å². The first-order chi connectivity index (χ1) is 13.7.